The fraction of sp³-hybridized carbons (Fsp3) is 0.269. The van der Waals surface area contributed by atoms with Gasteiger partial charge in [-0.1, -0.05) is 30.8 Å². The van der Waals surface area contributed by atoms with Gasteiger partial charge in [0, 0.05) is 68.2 Å². The quantitative estimate of drug-likeness (QED) is 0.638. The number of anilines is 1. The van der Waals surface area contributed by atoms with Crippen LogP contribution in [0.1, 0.15) is 6.42 Å². The molecule has 5 rings (SSSR count). The first-order valence-electron chi connectivity index (χ1n) is 11.3. The highest BCUT2D eigenvalue weighted by Gasteiger charge is 2.36. The van der Waals surface area contributed by atoms with Gasteiger partial charge in [-0.2, -0.15) is 0 Å². The molecule has 0 aromatic heterocycles. The van der Waals surface area contributed by atoms with Crippen molar-refractivity contribution in [2.24, 2.45) is 4.99 Å². The number of carbonyl (C=O) groups is 2. The zero-order chi connectivity index (χ0) is 23.8. The Hall–Kier alpha value is -3.15. The second-order valence-corrected chi connectivity index (χ2v) is 9.39. The molecule has 2 atom stereocenters. The molecule has 3 heterocycles. The van der Waals surface area contributed by atoms with Crippen LogP contribution in [-0.4, -0.2) is 66.1 Å². The summed E-state index contributed by atoms with van der Waals surface area (Å²) in [6.07, 6.45) is 3.77. The molecule has 0 N–H and O–H groups in total. The Bertz CT molecular complexity index is 1210. The fourth-order valence-corrected chi connectivity index (χ4v) is 5.27. The summed E-state index contributed by atoms with van der Waals surface area (Å²) < 4.78 is 14.5. The normalized spacial score (nSPS) is 20.9. The SMILES string of the molecule is C=C1C=CN=C1C(=O)N1CCN(C2CC(=O)N(c3cccc(-c4c(F)cccc4P)c3)C2)CC1. The van der Waals surface area contributed by atoms with Gasteiger partial charge in [-0.05, 0) is 35.1 Å². The van der Waals surface area contributed by atoms with Crippen LogP contribution in [0.3, 0.4) is 0 Å². The number of halogens is 1. The van der Waals surface area contributed by atoms with Gasteiger partial charge in [0.05, 0.1) is 0 Å². The summed E-state index contributed by atoms with van der Waals surface area (Å²) >= 11 is 0. The monoisotopic (exact) mass is 476 g/mol. The van der Waals surface area contributed by atoms with Gasteiger partial charge >= 0.3 is 0 Å². The molecule has 0 bridgehead atoms. The fourth-order valence-electron chi connectivity index (χ4n) is 4.85. The van der Waals surface area contributed by atoms with Crippen molar-refractivity contribution >= 4 is 37.8 Å². The van der Waals surface area contributed by atoms with Crippen LogP contribution >= 0.6 is 9.24 Å². The predicted octanol–water partition coefficient (Wildman–Crippen LogP) is 2.77. The van der Waals surface area contributed by atoms with Gasteiger partial charge in [0.15, 0.2) is 0 Å². The molecular weight excluding hydrogens is 450 g/mol. The van der Waals surface area contributed by atoms with Crippen molar-refractivity contribution in [3.8, 4) is 11.1 Å². The van der Waals surface area contributed by atoms with E-state index in [1.165, 1.54) is 6.07 Å². The van der Waals surface area contributed by atoms with E-state index < -0.39 is 0 Å². The maximum absolute atomic E-state index is 14.5. The average molecular weight is 476 g/mol. The van der Waals surface area contributed by atoms with Gasteiger partial charge in [-0.15, -0.1) is 9.24 Å². The number of nitrogens with zero attached hydrogens (tertiary/aromatic N) is 4. The lowest BCUT2D eigenvalue weighted by molar-refractivity contribution is -0.126. The van der Waals surface area contributed by atoms with E-state index in [4.69, 9.17) is 0 Å². The first-order chi connectivity index (χ1) is 16.4. The zero-order valence-electron chi connectivity index (χ0n) is 18.8. The molecule has 2 saturated heterocycles. The Morgan fingerprint density at radius 1 is 1.12 bits per heavy atom. The van der Waals surface area contributed by atoms with Gasteiger partial charge in [-0.25, -0.2) is 4.39 Å². The van der Waals surface area contributed by atoms with Crippen LogP contribution in [0.5, 0.6) is 0 Å². The van der Waals surface area contributed by atoms with Crippen LogP contribution in [0.4, 0.5) is 10.1 Å². The van der Waals surface area contributed by atoms with Crippen LogP contribution in [0.15, 0.2) is 71.9 Å². The maximum Gasteiger partial charge on any atom is 0.273 e. The molecule has 6 nitrogen and oxygen atoms in total. The lowest BCUT2D eigenvalue weighted by Crippen LogP contribution is -2.53. The number of rotatable bonds is 4. The van der Waals surface area contributed by atoms with E-state index in [1.54, 1.807) is 28.1 Å². The second-order valence-electron chi connectivity index (χ2n) is 8.76. The molecule has 2 aromatic carbocycles. The predicted molar refractivity (Wildman–Crippen MR) is 136 cm³/mol. The number of benzene rings is 2. The zero-order valence-corrected chi connectivity index (χ0v) is 19.9. The number of carbonyl (C=O) groups excluding carboxylic acids is 2. The van der Waals surface area contributed by atoms with Crippen molar-refractivity contribution in [1.82, 2.24) is 9.80 Å². The Morgan fingerprint density at radius 3 is 2.59 bits per heavy atom. The van der Waals surface area contributed by atoms with Crippen molar-refractivity contribution < 1.29 is 14.0 Å². The van der Waals surface area contributed by atoms with E-state index in [-0.39, 0.29) is 23.7 Å². The number of piperazine rings is 1. The summed E-state index contributed by atoms with van der Waals surface area (Å²) in [6.45, 7) is 7.04. The van der Waals surface area contributed by atoms with Gasteiger partial charge < -0.3 is 9.80 Å². The first-order valence-corrected chi connectivity index (χ1v) is 11.9. The molecule has 3 aliphatic rings. The van der Waals surface area contributed by atoms with Crippen LogP contribution < -0.4 is 10.2 Å². The highest BCUT2D eigenvalue weighted by atomic mass is 31.0. The Morgan fingerprint density at radius 2 is 1.88 bits per heavy atom. The smallest absolute Gasteiger partial charge is 0.273 e. The van der Waals surface area contributed by atoms with E-state index in [9.17, 15) is 14.0 Å². The summed E-state index contributed by atoms with van der Waals surface area (Å²) in [6, 6.07) is 12.6. The molecule has 2 unspecified atom stereocenters. The summed E-state index contributed by atoms with van der Waals surface area (Å²) in [4.78, 5) is 35.6. The minimum Gasteiger partial charge on any atom is -0.335 e. The molecule has 3 aliphatic heterocycles. The molecule has 8 heteroatoms. The third-order valence-corrected chi connectivity index (χ3v) is 7.18. The Kier molecular flexibility index (Phi) is 6.15. The Labute approximate surface area is 200 Å². The number of hydrogen-bond acceptors (Lipinski definition) is 4. The van der Waals surface area contributed by atoms with E-state index >= 15 is 0 Å². The van der Waals surface area contributed by atoms with E-state index in [0.29, 0.717) is 56.0 Å². The lowest BCUT2D eigenvalue weighted by atomic mass is 10.0. The van der Waals surface area contributed by atoms with Crippen LogP contribution in [0, 0.1) is 5.82 Å². The van der Waals surface area contributed by atoms with Crippen molar-refractivity contribution in [3.05, 3.63) is 72.7 Å². The van der Waals surface area contributed by atoms with Crippen LogP contribution in [-0.2, 0) is 9.59 Å². The minimum atomic E-state index is -0.286. The number of allylic oxidation sites excluding steroid dienone is 1. The van der Waals surface area contributed by atoms with Gasteiger partial charge in [-0.3, -0.25) is 19.5 Å². The molecule has 34 heavy (non-hydrogen) atoms. The molecule has 174 valence electrons. The third kappa shape index (κ3) is 4.22. The molecular formula is C26H26FN4O2P. The summed E-state index contributed by atoms with van der Waals surface area (Å²) in [5.41, 5.74) is 3.12. The summed E-state index contributed by atoms with van der Waals surface area (Å²) in [7, 11) is 2.57. The Balaban J connectivity index is 1.25. The number of aliphatic imine (C=N–C) groups is 1. The lowest BCUT2D eigenvalue weighted by Gasteiger charge is -2.37. The van der Waals surface area contributed by atoms with Crippen molar-refractivity contribution in [1.29, 1.82) is 0 Å². The molecule has 0 aliphatic carbocycles. The highest BCUT2D eigenvalue weighted by Crippen LogP contribution is 2.30. The molecule has 2 aromatic rings. The van der Waals surface area contributed by atoms with E-state index in [0.717, 1.165) is 16.6 Å². The second kappa shape index (κ2) is 9.24. The summed E-state index contributed by atoms with van der Waals surface area (Å²) in [5.74, 6) is -0.314. The maximum atomic E-state index is 14.5. The van der Waals surface area contributed by atoms with Crippen molar-refractivity contribution in [2.45, 2.75) is 12.5 Å². The van der Waals surface area contributed by atoms with Gasteiger partial charge in [0.25, 0.3) is 5.91 Å². The van der Waals surface area contributed by atoms with Crippen molar-refractivity contribution in [2.75, 3.05) is 37.6 Å². The van der Waals surface area contributed by atoms with Crippen LogP contribution in [0.2, 0.25) is 0 Å². The summed E-state index contributed by atoms with van der Waals surface area (Å²) in [5, 5.41) is 0.776. The standard InChI is InChI=1S/C26H26FN4O2P/c1-17-8-9-28-25(17)26(33)30-12-10-29(11-13-30)20-15-23(32)31(16-20)19-5-2-4-18(14-19)24-21(27)6-3-7-22(24)34/h2-9,14,20H,1,10-13,15-16,34H2. The number of amides is 2. The van der Waals surface area contributed by atoms with Crippen LogP contribution in [0.25, 0.3) is 11.1 Å². The minimum absolute atomic E-state index is 0.0583. The van der Waals surface area contributed by atoms with Crippen molar-refractivity contribution in [3.63, 3.8) is 0 Å². The highest BCUT2D eigenvalue weighted by molar-refractivity contribution is 7.28. The average Bonchev–Trinajstić information content (AvgIpc) is 3.44. The third-order valence-electron chi connectivity index (χ3n) is 6.70. The van der Waals surface area contributed by atoms with E-state index in [2.05, 4.69) is 25.7 Å². The van der Waals surface area contributed by atoms with E-state index in [1.807, 2.05) is 30.3 Å². The van der Waals surface area contributed by atoms with Gasteiger partial charge in [0.1, 0.15) is 11.5 Å². The molecule has 2 fully saturated rings. The number of hydrogen-bond donors (Lipinski definition) is 0. The van der Waals surface area contributed by atoms with Gasteiger partial charge in [0.2, 0.25) is 5.91 Å². The molecule has 0 radical (unpaired) electrons. The molecule has 2 amide bonds. The topological polar surface area (TPSA) is 56.2 Å². The molecule has 0 spiro atoms. The largest absolute Gasteiger partial charge is 0.335 e. The first kappa shape index (κ1) is 22.6. The molecule has 0 saturated carbocycles.